The summed E-state index contributed by atoms with van der Waals surface area (Å²) in [5.41, 5.74) is 4.15. The molecule has 0 spiro atoms. The van der Waals surface area contributed by atoms with E-state index in [-0.39, 0.29) is 6.10 Å². The highest BCUT2D eigenvalue weighted by Crippen LogP contribution is 2.23. The lowest BCUT2D eigenvalue weighted by molar-refractivity contribution is 0.0654. The van der Waals surface area contributed by atoms with E-state index in [4.69, 9.17) is 20.8 Å². The lowest BCUT2D eigenvalue weighted by atomic mass is 10.1. The Bertz CT molecular complexity index is 877. The van der Waals surface area contributed by atoms with Gasteiger partial charge in [-0.25, -0.2) is 0 Å². The fraction of sp³-hybridized carbons (Fsp3) is 0.300. The van der Waals surface area contributed by atoms with Gasteiger partial charge in [-0.15, -0.1) is 10.2 Å². The van der Waals surface area contributed by atoms with Crippen LogP contribution in [0.2, 0.25) is 5.02 Å². The number of hydrogen-bond donors (Lipinski definition) is 1. The van der Waals surface area contributed by atoms with E-state index >= 15 is 0 Å². The van der Waals surface area contributed by atoms with Gasteiger partial charge in [0, 0.05) is 16.3 Å². The maximum absolute atomic E-state index is 6.01. The van der Waals surface area contributed by atoms with Crippen LogP contribution in [0.3, 0.4) is 0 Å². The van der Waals surface area contributed by atoms with E-state index in [0.29, 0.717) is 30.0 Å². The summed E-state index contributed by atoms with van der Waals surface area (Å²) in [6.45, 7) is 7.18. The molecule has 5 nitrogen and oxygen atoms in total. The topological polar surface area (TPSA) is 60.2 Å². The van der Waals surface area contributed by atoms with Gasteiger partial charge < -0.3 is 14.5 Å². The minimum atomic E-state index is 0.203. The van der Waals surface area contributed by atoms with Crippen molar-refractivity contribution in [3.8, 4) is 11.5 Å². The second-order valence-electron chi connectivity index (χ2n) is 6.31. The van der Waals surface area contributed by atoms with Crippen molar-refractivity contribution in [2.75, 3.05) is 5.32 Å². The van der Waals surface area contributed by atoms with Crippen molar-refractivity contribution >= 4 is 17.3 Å². The molecule has 3 rings (SSSR count). The number of rotatable bonds is 7. The first-order chi connectivity index (χ1) is 12.5. The first-order valence-corrected chi connectivity index (χ1v) is 8.93. The maximum atomic E-state index is 6.01. The van der Waals surface area contributed by atoms with Crippen molar-refractivity contribution in [2.45, 2.75) is 40.0 Å². The molecule has 0 aliphatic rings. The summed E-state index contributed by atoms with van der Waals surface area (Å²) in [6.07, 6.45) is 0.203. The van der Waals surface area contributed by atoms with Gasteiger partial charge in [-0.1, -0.05) is 29.8 Å². The average molecular weight is 372 g/mol. The highest BCUT2D eigenvalue weighted by molar-refractivity contribution is 6.30. The molecule has 0 fully saturated rings. The summed E-state index contributed by atoms with van der Waals surface area (Å²) in [4.78, 5) is 0. The van der Waals surface area contributed by atoms with E-state index in [1.807, 2.05) is 44.2 Å². The largest absolute Gasteiger partial charge is 0.419 e. The van der Waals surface area contributed by atoms with Crippen LogP contribution < -0.4 is 5.32 Å². The van der Waals surface area contributed by atoms with Crippen molar-refractivity contribution in [2.24, 2.45) is 0 Å². The molecule has 0 aliphatic carbocycles. The van der Waals surface area contributed by atoms with Gasteiger partial charge in [0.05, 0.1) is 19.3 Å². The second-order valence-corrected chi connectivity index (χ2v) is 6.75. The Balaban J connectivity index is 1.67. The summed E-state index contributed by atoms with van der Waals surface area (Å²) in [6, 6.07) is 13.5. The van der Waals surface area contributed by atoms with Crippen LogP contribution in [0.5, 0.6) is 0 Å². The van der Waals surface area contributed by atoms with E-state index in [1.54, 1.807) is 6.07 Å². The van der Waals surface area contributed by atoms with Crippen LogP contribution in [0.1, 0.15) is 30.9 Å². The minimum absolute atomic E-state index is 0.203. The van der Waals surface area contributed by atoms with Crippen molar-refractivity contribution in [1.82, 2.24) is 10.2 Å². The molecule has 1 heterocycles. The van der Waals surface area contributed by atoms with Crippen LogP contribution >= 0.6 is 11.6 Å². The highest BCUT2D eigenvalue weighted by Gasteiger charge is 2.10. The summed E-state index contributed by atoms with van der Waals surface area (Å²) in [5.74, 6) is 0.975. The Kier molecular flexibility index (Phi) is 5.91. The first kappa shape index (κ1) is 18.4. The molecular weight excluding hydrogens is 350 g/mol. The predicted molar refractivity (Wildman–Crippen MR) is 103 cm³/mol. The Hall–Kier alpha value is -2.37. The van der Waals surface area contributed by atoms with Gasteiger partial charge in [0.15, 0.2) is 0 Å². The molecule has 1 aromatic heterocycles. The normalized spacial score (nSPS) is 11.1. The molecule has 0 amide bonds. The lowest BCUT2D eigenvalue weighted by Gasteiger charge is -2.14. The Morgan fingerprint density at radius 1 is 1.15 bits per heavy atom. The number of hydrogen-bond acceptors (Lipinski definition) is 5. The number of nitrogens with one attached hydrogen (secondary N) is 1. The smallest absolute Gasteiger partial charge is 0.247 e. The van der Waals surface area contributed by atoms with E-state index in [9.17, 15) is 0 Å². The van der Waals surface area contributed by atoms with E-state index < -0.39 is 0 Å². The SMILES string of the molecule is Cc1c(COC(C)C)cccc1NCc1nnc(-c2cccc(Cl)c2)o1. The number of halogens is 1. The molecule has 3 aromatic rings. The second kappa shape index (κ2) is 8.34. The molecule has 6 heteroatoms. The quantitative estimate of drug-likeness (QED) is 0.615. The van der Waals surface area contributed by atoms with Gasteiger partial charge in [-0.3, -0.25) is 0 Å². The molecule has 0 unspecified atom stereocenters. The predicted octanol–water partition coefficient (Wildman–Crippen LogP) is 5.24. The fourth-order valence-electron chi connectivity index (χ4n) is 2.52. The van der Waals surface area contributed by atoms with Gasteiger partial charge in [-0.05, 0) is 56.2 Å². The minimum Gasteiger partial charge on any atom is -0.419 e. The third-order valence-electron chi connectivity index (χ3n) is 3.99. The van der Waals surface area contributed by atoms with Crippen molar-refractivity contribution in [1.29, 1.82) is 0 Å². The molecule has 136 valence electrons. The Morgan fingerprint density at radius 3 is 2.73 bits per heavy atom. The van der Waals surface area contributed by atoms with Crippen LogP contribution in [0.15, 0.2) is 46.9 Å². The number of anilines is 1. The summed E-state index contributed by atoms with van der Waals surface area (Å²) in [5, 5.41) is 12.2. The summed E-state index contributed by atoms with van der Waals surface area (Å²) >= 11 is 6.01. The van der Waals surface area contributed by atoms with Crippen LogP contribution in [0.25, 0.3) is 11.5 Å². The van der Waals surface area contributed by atoms with Gasteiger partial charge in [0.2, 0.25) is 11.8 Å². The molecule has 2 aromatic carbocycles. The monoisotopic (exact) mass is 371 g/mol. The number of aromatic nitrogens is 2. The molecule has 0 aliphatic heterocycles. The van der Waals surface area contributed by atoms with Gasteiger partial charge in [0.25, 0.3) is 0 Å². The fourth-order valence-corrected chi connectivity index (χ4v) is 2.71. The zero-order valence-electron chi connectivity index (χ0n) is 15.1. The van der Waals surface area contributed by atoms with Gasteiger partial charge in [-0.2, -0.15) is 0 Å². The molecule has 0 bridgehead atoms. The van der Waals surface area contributed by atoms with Crippen LogP contribution in [0.4, 0.5) is 5.69 Å². The number of benzene rings is 2. The average Bonchev–Trinajstić information content (AvgIpc) is 3.09. The molecule has 0 radical (unpaired) electrons. The molecule has 0 saturated heterocycles. The van der Waals surface area contributed by atoms with Crippen LogP contribution in [-0.4, -0.2) is 16.3 Å². The maximum Gasteiger partial charge on any atom is 0.247 e. The standard InChI is InChI=1S/C20H22ClN3O2/c1-13(2)25-12-16-7-5-9-18(14(16)3)22-11-19-23-24-20(26-19)15-6-4-8-17(21)10-15/h4-10,13,22H,11-12H2,1-3H3. The van der Waals surface area contributed by atoms with Crippen LogP contribution in [0, 0.1) is 6.92 Å². The molecular formula is C20H22ClN3O2. The van der Waals surface area contributed by atoms with Gasteiger partial charge in [0.1, 0.15) is 0 Å². The van der Waals surface area contributed by atoms with Gasteiger partial charge >= 0.3 is 0 Å². The van der Waals surface area contributed by atoms with Crippen molar-refractivity contribution in [3.63, 3.8) is 0 Å². The Labute approximate surface area is 158 Å². The molecule has 1 N–H and O–H groups in total. The van der Waals surface area contributed by atoms with E-state index in [1.165, 1.54) is 0 Å². The summed E-state index contributed by atoms with van der Waals surface area (Å²) < 4.78 is 11.4. The van der Waals surface area contributed by atoms with Crippen molar-refractivity contribution < 1.29 is 9.15 Å². The van der Waals surface area contributed by atoms with E-state index in [0.717, 1.165) is 22.4 Å². The first-order valence-electron chi connectivity index (χ1n) is 8.55. The Morgan fingerprint density at radius 2 is 1.96 bits per heavy atom. The van der Waals surface area contributed by atoms with Crippen molar-refractivity contribution in [3.05, 3.63) is 64.5 Å². The van der Waals surface area contributed by atoms with E-state index in [2.05, 4.69) is 28.5 Å². The summed E-state index contributed by atoms with van der Waals surface area (Å²) in [7, 11) is 0. The highest BCUT2D eigenvalue weighted by atomic mass is 35.5. The third kappa shape index (κ3) is 4.62. The molecule has 0 saturated carbocycles. The molecule has 0 atom stereocenters. The molecule has 26 heavy (non-hydrogen) atoms. The number of ether oxygens (including phenoxy) is 1. The zero-order valence-corrected chi connectivity index (χ0v) is 15.9. The number of nitrogens with zero attached hydrogens (tertiary/aromatic N) is 2. The van der Waals surface area contributed by atoms with Crippen LogP contribution in [-0.2, 0) is 17.9 Å². The lowest BCUT2D eigenvalue weighted by Crippen LogP contribution is -2.06. The zero-order chi connectivity index (χ0) is 18.5. The third-order valence-corrected chi connectivity index (χ3v) is 4.22.